The second-order valence-corrected chi connectivity index (χ2v) is 6.02. The average Bonchev–Trinajstić information content (AvgIpc) is 2.36. The van der Waals surface area contributed by atoms with Gasteiger partial charge in [-0.2, -0.15) is 13.2 Å². The number of hydrogen-bond acceptors (Lipinski definition) is 1. The minimum absolute atomic E-state index is 0.00596. The first-order chi connectivity index (χ1) is 10.1. The van der Waals surface area contributed by atoms with Gasteiger partial charge in [-0.15, -0.1) is 0 Å². The van der Waals surface area contributed by atoms with E-state index in [-0.39, 0.29) is 10.0 Å². The summed E-state index contributed by atoms with van der Waals surface area (Å²) >= 11 is 8.71. The van der Waals surface area contributed by atoms with Crippen LogP contribution in [0.5, 0.6) is 0 Å². The minimum atomic E-state index is -4.63. The Balaban J connectivity index is 2.56. The summed E-state index contributed by atoms with van der Waals surface area (Å²) in [6.45, 7) is 1.57. The lowest BCUT2D eigenvalue weighted by molar-refractivity contribution is -0.137. The van der Waals surface area contributed by atoms with E-state index >= 15 is 0 Å². The van der Waals surface area contributed by atoms with Crippen LogP contribution in [0.3, 0.4) is 0 Å². The lowest BCUT2D eigenvalue weighted by Crippen LogP contribution is -2.10. The molecule has 0 fully saturated rings. The highest BCUT2D eigenvalue weighted by Crippen LogP contribution is 2.40. The van der Waals surface area contributed by atoms with Crippen LogP contribution in [-0.4, -0.2) is 5.11 Å². The summed E-state index contributed by atoms with van der Waals surface area (Å²) < 4.78 is 52.1. The van der Waals surface area contributed by atoms with Crippen molar-refractivity contribution in [3.05, 3.63) is 67.9 Å². The summed E-state index contributed by atoms with van der Waals surface area (Å²) in [5.41, 5.74) is -0.280. The Labute approximate surface area is 137 Å². The van der Waals surface area contributed by atoms with Crippen LogP contribution in [0.2, 0.25) is 5.02 Å². The van der Waals surface area contributed by atoms with Gasteiger partial charge in [0.2, 0.25) is 0 Å². The topological polar surface area (TPSA) is 20.2 Å². The lowest BCUT2D eigenvalue weighted by atomic mass is 9.96. The van der Waals surface area contributed by atoms with Crippen molar-refractivity contribution in [1.29, 1.82) is 0 Å². The van der Waals surface area contributed by atoms with Gasteiger partial charge in [-0.05, 0) is 47.9 Å². The summed E-state index contributed by atoms with van der Waals surface area (Å²) in [5, 5.41) is 9.90. The van der Waals surface area contributed by atoms with E-state index in [2.05, 4.69) is 15.9 Å². The molecule has 0 radical (unpaired) electrons. The van der Waals surface area contributed by atoms with Gasteiger partial charge in [0.15, 0.2) is 0 Å². The number of aryl methyl sites for hydroxylation is 1. The molecule has 0 saturated carbocycles. The van der Waals surface area contributed by atoms with Gasteiger partial charge in [-0.1, -0.05) is 33.6 Å². The third-order valence-corrected chi connectivity index (χ3v) is 4.21. The molecular weight excluding hydrogens is 388 g/mol. The van der Waals surface area contributed by atoms with Crippen molar-refractivity contribution in [1.82, 2.24) is 0 Å². The summed E-state index contributed by atoms with van der Waals surface area (Å²) in [6.07, 6.45) is -5.97. The van der Waals surface area contributed by atoms with E-state index in [0.717, 1.165) is 18.2 Å². The molecule has 118 valence electrons. The standard InChI is InChI=1S/C15H10BrClF4O/c1-7-4-8(18)2-3-9(7)14(22)10-5-11(15(19,20)21)13(17)6-12(10)16/h2-6,14,22H,1H3. The molecule has 22 heavy (non-hydrogen) atoms. The first kappa shape index (κ1) is 17.2. The number of hydrogen-bond donors (Lipinski definition) is 1. The van der Waals surface area contributed by atoms with E-state index in [0.29, 0.717) is 11.1 Å². The maximum Gasteiger partial charge on any atom is 0.417 e. The zero-order valence-corrected chi connectivity index (χ0v) is 13.5. The number of halogens is 6. The third-order valence-electron chi connectivity index (χ3n) is 3.21. The van der Waals surface area contributed by atoms with E-state index in [9.17, 15) is 22.7 Å². The van der Waals surface area contributed by atoms with E-state index in [1.165, 1.54) is 12.1 Å². The van der Waals surface area contributed by atoms with Crippen molar-refractivity contribution in [3.63, 3.8) is 0 Å². The van der Waals surface area contributed by atoms with E-state index in [1.54, 1.807) is 6.92 Å². The third kappa shape index (κ3) is 3.45. The normalized spacial score (nSPS) is 13.3. The van der Waals surface area contributed by atoms with E-state index < -0.39 is 28.7 Å². The number of rotatable bonds is 2. The Morgan fingerprint density at radius 2 is 1.77 bits per heavy atom. The second kappa shape index (κ2) is 6.18. The predicted octanol–water partition coefficient (Wildman–Crippen LogP) is 5.65. The summed E-state index contributed by atoms with van der Waals surface area (Å²) in [4.78, 5) is 0. The molecule has 0 bridgehead atoms. The van der Waals surface area contributed by atoms with Crippen molar-refractivity contribution in [3.8, 4) is 0 Å². The van der Waals surface area contributed by atoms with Crippen molar-refractivity contribution in [2.45, 2.75) is 19.2 Å². The van der Waals surface area contributed by atoms with Crippen LogP contribution in [0.15, 0.2) is 34.8 Å². The molecule has 2 aromatic rings. The van der Waals surface area contributed by atoms with Crippen LogP contribution in [0.4, 0.5) is 17.6 Å². The smallest absolute Gasteiger partial charge is 0.384 e. The number of aliphatic hydroxyl groups is 1. The summed E-state index contributed by atoms with van der Waals surface area (Å²) in [6, 6.07) is 5.55. The SMILES string of the molecule is Cc1cc(F)ccc1C(O)c1cc(C(F)(F)F)c(Cl)cc1Br. The maximum atomic E-state index is 13.1. The molecule has 2 rings (SSSR count). The van der Waals surface area contributed by atoms with Crippen LogP contribution >= 0.6 is 27.5 Å². The zero-order chi connectivity index (χ0) is 16.7. The van der Waals surface area contributed by atoms with Crippen LogP contribution < -0.4 is 0 Å². The van der Waals surface area contributed by atoms with Gasteiger partial charge in [0.25, 0.3) is 0 Å². The zero-order valence-electron chi connectivity index (χ0n) is 11.2. The molecule has 0 aromatic heterocycles. The molecular formula is C15H10BrClF4O. The molecule has 0 amide bonds. The van der Waals surface area contributed by atoms with Gasteiger partial charge in [-0.25, -0.2) is 4.39 Å². The van der Waals surface area contributed by atoms with Gasteiger partial charge in [0.05, 0.1) is 10.6 Å². The first-order valence-electron chi connectivity index (χ1n) is 6.11. The summed E-state index contributed by atoms with van der Waals surface area (Å²) in [5.74, 6) is -0.486. The quantitative estimate of drug-likeness (QED) is 0.649. The van der Waals surface area contributed by atoms with Gasteiger partial charge in [0.1, 0.15) is 11.9 Å². The van der Waals surface area contributed by atoms with Gasteiger partial charge in [-0.3, -0.25) is 0 Å². The van der Waals surface area contributed by atoms with Crippen LogP contribution in [0.25, 0.3) is 0 Å². The fraction of sp³-hybridized carbons (Fsp3) is 0.200. The predicted molar refractivity (Wildman–Crippen MR) is 79.4 cm³/mol. The highest BCUT2D eigenvalue weighted by atomic mass is 79.9. The highest BCUT2D eigenvalue weighted by Gasteiger charge is 2.34. The Bertz CT molecular complexity index is 715. The van der Waals surface area contributed by atoms with Gasteiger partial charge >= 0.3 is 6.18 Å². The lowest BCUT2D eigenvalue weighted by Gasteiger charge is -2.18. The Morgan fingerprint density at radius 3 is 2.32 bits per heavy atom. The Hall–Kier alpha value is -1.11. The van der Waals surface area contributed by atoms with Crippen LogP contribution in [-0.2, 0) is 6.18 Å². The minimum Gasteiger partial charge on any atom is -0.384 e. The largest absolute Gasteiger partial charge is 0.417 e. The van der Waals surface area contributed by atoms with Crippen LogP contribution in [0, 0.1) is 12.7 Å². The second-order valence-electron chi connectivity index (χ2n) is 4.75. The fourth-order valence-corrected chi connectivity index (χ4v) is 3.07. The van der Waals surface area contributed by atoms with Crippen molar-refractivity contribution in [2.24, 2.45) is 0 Å². The molecule has 0 spiro atoms. The maximum absolute atomic E-state index is 13.1. The number of benzene rings is 2. The Morgan fingerprint density at radius 1 is 1.14 bits per heavy atom. The average molecular weight is 398 g/mol. The van der Waals surface area contributed by atoms with Crippen molar-refractivity contribution >= 4 is 27.5 Å². The molecule has 0 aliphatic rings. The molecule has 0 saturated heterocycles. The monoisotopic (exact) mass is 396 g/mol. The first-order valence-corrected chi connectivity index (χ1v) is 7.28. The van der Waals surface area contributed by atoms with Gasteiger partial charge in [0, 0.05) is 4.47 Å². The molecule has 0 aliphatic heterocycles. The molecule has 1 atom stereocenters. The van der Waals surface area contributed by atoms with E-state index in [4.69, 9.17) is 11.6 Å². The molecule has 1 N–H and O–H groups in total. The van der Waals surface area contributed by atoms with Crippen molar-refractivity contribution < 1.29 is 22.7 Å². The van der Waals surface area contributed by atoms with Crippen LogP contribution in [0.1, 0.15) is 28.4 Å². The highest BCUT2D eigenvalue weighted by molar-refractivity contribution is 9.10. The number of aliphatic hydroxyl groups excluding tert-OH is 1. The molecule has 1 nitrogen and oxygen atoms in total. The summed E-state index contributed by atoms with van der Waals surface area (Å²) in [7, 11) is 0. The number of alkyl halides is 3. The molecule has 1 unspecified atom stereocenters. The fourth-order valence-electron chi connectivity index (χ4n) is 2.11. The van der Waals surface area contributed by atoms with Crippen molar-refractivity contribution in [2.75, 3.05) is 0 Å². The molecule has 0 heterocycles. The van der Waals surface area contributed by atoms with E-state index in [1.807, 2.05) is 0 Å². The molecule has 0 aliphatic carbocycles. The Kier molecular flexibility index (Phi) is 4.84. The van der Waals surface area contributed by atoms with Gasteiger partial charge < -0.3 is 5.11 Å². The molecule has 2 aromatic carbocycles. The molecule has 7 heteroatoms.